The number of carbonyl (C=O) groups is 1. The first-order chi connectivity index (χ1) is 28.3. The number of aliphatic hydroxyl groups excluding tert-OH is 2. The lowest BCUT2D eigenvalue weighted by Crippen LogP contribution is -2.46. The molecule has 0 fully saturated rings. The van der Waals surface area contributed by atoms with Crippen LogP contribution in [0.4, 0.5) is 17.1 Å². The summed E-state index contributed by atoms with van der Waals surface area (Å²) in [5.74, 6) is -1.56. The van der Waals surface area contributed by atoms with E-state index in [0.717, 1.165) is 32.9 Å². The van der Waals surface area contributed by atoms with Crippen LogP contribution in [0.25, 0.3) is 0 Å². The maximum Gasteiger partial charge on any atom is 0.255 e. The van der Waals surface area contributed by atoms with Gasteiger partial charge in [0.2, 0.25) is 10.0 Å². The molecule has 0 bridgehead atoms. The Hall–Kier alpha value is -4.99. The van der Waals surface area contributed by atoms with Crippen molar-refractivity contribution in [3.05, 3.63) is 154 Å². The van der Waals surface area contributed by atoms with Gasteiger partial charge in [0, 0.05) is 80.3 Å². The van der Waals surface area contributed by atoms with Crippen molar-refractivity contribution >= 4 is 44.6 Å². The average Bonchev–Trinajstić information content (AvgIpc) is 3.60. The number of rotatable bonds is 15. The maximum atomic E-state index is 15.0. The number of nitrogens with zero attached hydrogens (tertiary/aromatic N) is 4. The summed E-state index contributed by atoms with van der Waals surface area (Å²) in [5.41, 5.74) is 8.30. The zero-order valence-electron chi connectivity index (χ0n) is 33.0. The number of para-hydroxylation sites is 2. The van der Waals surface area contributed by atoms with Crippen LogP contribution in [0.5, 0.6) is 0 Å². The topological polar surface area (TPSA) is 171 Å². The normalized spacial score (nSPS) is 21.2. The van der Waals surface area contributed by atoms with E-state index in [1.807, 2.05) is 133 Å². The minimum Gasteiger partial charge on any atom is -0.398 e. The number of sulfonamides is 1. The largest absolute Gasteiger partial charge is 0.398 e. The van der Waals surface area contributed by atoms with E-state index >= 15 is 4.79 Å². The van der Waals surface area contributed by atoms with E-state index in [9.17, 15) is 28.8 Å². The Kier molecular flexibility index (Phi) is 12.1. The second-order valence-corrected chi connectivity index (χ2v) is 17.4. The van der Waals surface area contributed by atoms with Crippen molar-refractivity contribution in [1.29, 1.82) is 0 Å². The summed E-state index contributed by atoms with van der Waals surface area (Å²) >= 11 is 6.51. The molecule has 2 aliphatic heterocycles. The Balaban J connectivity index is 1.30. The molecule has 310 valence electrons. The molecule has 5 aromatic carbocycles. The first-order valence-electron chi connectivity index (χ1n) is 19.6. The fourth-order valence-corrected chi connectivity index (χ4v) is 11.0. The number of aliphatic hydroxyl groups is 4. The summed E-state index contributed by atoms with van der Waals surface area (Å²) in [7, 11) is -0.703. The molecule has 0 spiro atoms. The van der Waals surface area contributed by atoms with Crippen LogP contribution in [0.2, 0.25) is 5.02 Å². The number of hydrogen-bond donors (Lipinski definition) is 5. The van der Waals surface area contributed by atoms with Gasteiger partial charge in [0.25, 0.3) is 5.91 Å². The molecule has 5 aromatic rings. The summed E-state index contributed by atoms with van der Waals surface area (Å²) in [6.07, 6.45) is 0.587. The van der Waals surface area contributed by atoms with E-state index in [1.165, 1.54) is 6.07 Å². The zero-order valence-corrected chi connectivity index (χ0v) is 34.6. The number of likely N-dealkylation sites (N-methyl/N-ethyl adjacent to an activating group) is 2. The molecule has 4 atom stereocenters. The van der Waals surface area contributed by atoms with Crippen LogP contribution in [0, 0.1) is 0 Å². The molecule has 0 saturated heterocycles. The number of nitrogen functional groups attached to an aromatic ring is 1. The van der Waals surface area contributed by atoms with E-state index < -0.39 is 57.3 Å². The number of carbonyl (C=O) groups excluding carboxylic acids is 1. The monoisotopic (exact) mass is 839 g/mol. The minimum atomic E-state index is -4.40. The van der Waals surface area contributed by atoms with Crippen molar-refractivity contribution in [2.24, 2.45) is 0 Å². The standard InChI is InChI=1S/C45H50ClN5O7S/c1-48-40-19-11-9-17-33(40)36(44(48,55)31-13-5-3-6-14-31)21-23-50(43(54)35-29-42(38(46)30-39(35)47)59(57,58)51(25-27-52)26-28-53)24-22-37-34-18-10-12-20-41(34)49(2)45(37,56)32-15-7-4-8-16-32/h3-20,29-30,36-37,52-53,55-56H,21-28,47H2,1-2H3. The van der Waals surface area contributed by atoms with Gasteiger partial charge in [-0.2, -0.15) is 4.31 Å². The first-order valence-corrected chi connectivity index (χ1v) is 21.4. The van der Waals surface area contributed by atoms with Gasteiger partial charge in [-0.3, -0.25) is 4.79 Å². The Morgan fingerprint density at radius 3 is 1.56 bits per heavy atom. The van der Waals surface area contributed by atoms with Crippen molar-refractivity contribution in [3.63, 3.8) is 0 Å². The molecule has 7 rings (SSSR count). The summed E-state index contributed by atoms with van der Waals surface area (Å²) in [5, 5.41) is 44.4. The van der Waals surface area contributed by atoms with Crippen LogP contribution < -0.4 is 15.5 Å². The van der Waals surface area contributed by atoms with Gasteiger partial charge in [-0.15, -0.1) is 0 Å². The van der Waals surface area contributed by atoms with Crippen LogP contribution in [-0.4, -0.2) is 97.4 Å². The maximum absolute atomic E-state index is 15.0. The highest BCUT2D eigenvalue weighted by atomic mass is 35.5. The molecule has 14 heteroatoms. The lowest BCUT2D eigenvalue weighted by atomic mass is 9.83. The predicted octanol–water partition coefficient (Wildman–Crippen LogP) is 5.28. The van der Waals surface area contributed by atoms with Crippen molar-refractivity contribution in [2.75, 3.05) is 69.0 Å². The third-order valence-corrected chi connectivity index (χ3v) is 14.4. The van der Waals surface area contributed by atoms with Crippen molar-refractivity contribution in [2.45, 2.75) is 41.0 Å². The fourth-order valence-electron chi connectivity index (χ4n) is 9.03. The number of nitrogens with two attached hydrogens (primary N) is 1. The van der Waals surface area contributed by atoms with Crippen LogP contribution >= 0.6 is 11.6 Å². The number of anilines is 3. The van der Waals surface area contributed by atoms with Gasteiger partial charge in [-0.25, -0.2) is 8.42 Å². The molecule has 2 heterocycles. The lowest BCUT2D eigenvalue weighted by molar-refractivity contribution is 0.00803. The molecule has 4 unspecified atom stereocenters. The van der Waals surface area contributed by atoms with Crippen LogP contribution in [0.3, 0.4) is 0 Å². The minimum absolute atomic E-state index is 0.0433. The highest BCUT2D eigenvalue weighted by Crippen LogP contribution is 2.54. The second-order valence-electron chi connectivity index (χ2n) is 15.1. The smallest absolute Gasteiger partial charge is 0.255 e. The molecule has 2 aliphatic rings. The number of fused-ring (bicyclic) bond motifs is 2. The summed E-state index contributed by atoms with van der Waals surface area (Å²) < 4.78 is 28.7. The molecule has 6 N–H and O–H groups in total. The van der Waals surface area contributed by atoms with E-state index in [1.54, 1.807) is 4.90 Å². The summed E-state index contributed by atoms with van der Waals surface area (Å²) in [6.45, 7) is -1.39. The molecular formula is C45H50ClN5O7S. The molecule has 12 nitrogen and oxygen atoms in total. The van der Waals surface area contributed by atoms with Crippen molar-refractivity contribution in [1.82, 2.24) is 9.21 Å². The molecular weight excluding hydrogens is 790 g/mol. The van der Waals surface area contributed by atoms with Gasteiger partial charge < -0.3 is 40.9 Å². The van der Waals surface area contributed by atoms with Crippen LogP contribution in [0.1, 0.15) is 57.3 Å². The lowest BCUT2D eigenvalue weighted by Gasteiger charge is -2.39. The third kappa shape index (κ3) is 7.35. The number of benzene rings is 5. The fraction of sp³-hybridized carbons (Fsp3) is 0.311. The first kappa shape index (κ1) is 42.1. The Bertz CT molecular complexity index is 2290. The molecule has 59 heavy (non-hydrogen) atoms. The van der Waals surface area contributed by atoms with Crippen LogP contribution in [0.15, 0.2) is 126 Å². The van der Waals surface area contributed by atoms with E-state index in [0.29, 0.717) is 24.0 Å². The van der Waals surface area contributed by atoms with Gasteiger partial charge in [0.1, 0.15) is 4.90 Å². The number of amides is 1. The quantitative estimate of drug-likeness (QED) is 0.0875. The van der Waals surface area contributed by atoms with Crippen molar-refractivity contribution < 1.29 is 33.6 Å². The Morgan fingerprint density at radius 2 is 1.12 bits per heavy atom. The van der Waals surface area contributed by atoms with E-state index in [4.69, 9.17) is 17.3 Å². The molecule has 0 saturated carbocycles. The summed E-state index contributed by atoms with van der Waals surface area (Å²) in [6, 6.07) is 36.7. The SMILES string of the molecule is CN1c2ccccc2C(CCN(CCC2c3ccccc3N(C)C2(O)c2ccccc2)C(=O)c2cc(S(=O)(=O)N(CCO)CCO)c(Cl)cc2N)C1(O)c1ccccc1. The molecule has 0 aromatic heterocycles. The van der Waals surface area contributed by atoms with E-state index in [-0.39, 0.29) is 42.5 Å². The van der Waals surface area contributed by atoms with Gasteiger partial charge >= 0.3 is 0 Å². The van der Waals surface area contributed by atoms with E-state index in [2.05, 4.69) is 0 Å². The summed E-state index contributed by atoms with van der Waals surface area (Å²) in [4.78, 5) is 20.0. The Morgan fingerprint density at radius 1 is 0.695 bits per heavy atom. The molecule has 0 aliphatic carbocycles. The Labute approximate surface area is 350 Å². The van der Waals surface area contributed by atoms with Gasteiger partial charge in [0.15, 0.2) is 11.4 Å². The third-order valence-electron chi connectivity index (χ3n) is 12.1. The number of hydrogen-bond acceptors (Lipinski definition) is 10. The molecule has 0 radical (unpaired) electrons. The second kappa shape index (κ2) is 16.9. The zero-order chi connectivity index (χ0) is 42.1. The predicted molar refractivity (Wildman–Crippen MR) is 230 cm³/mol. The number of halogens is 1. The molecule has 1 amide bonds. The van der Waals surface area contributed by atoms with Crippen molar-refractivity contribution in [3.8, 4) is 0 Å². The average molecular weight is 840 g/mol. The van der Waals surface area contributed by atoms with Crippen LogP contribution in [-0.2, 0) is 21.5 Å². The van der Waals surface area contributed by atoms with Gasteiger partial charge in [0.05, 0.1) is 23.8 Å². The highest BCUT2D eigenvalue weighted by molar-refractivity contribution is 7.89. The van der Waals surface area contributed by atoms with Gasteiger partial charge in [-0.1, -0.05) is 109 Å². The van der Waals surface area contributed by atoms with Gasteiger partial charge in [-0.05, 0) is 48.2 Å². The highest BCUT2D eigenvalue weighted by Gasteiger charge is 2.51.